The van der Waals surface area contributed by atoms with Crippen LogP contribution >= 0.6 is 0 Å². The van der Waals surface area contributed by atoms with Crippen LogP contribution in [-0.2, 0) is 42.7 Å². The summed E-state index contributed by atoms with van der Waals surface area (Å²) in [4.78, 5) is 14.5. The molecule has 0 aromatic heterocycles. The molecule has 0 saturated heterocycles. The van der Waals surface area contributed by atoms with E-state index < -0.39 is 13.5 Å². The highest BCUT2D eigenvalue weighted by Crippen LogP contribution is 2.47. The SMILES string of the molecule is CC(C)[Si](C#CC(=O)C#CC(c1cc(C(C)(C)C)cc(C(C)(C)C)c1)(c1cc(C(C)(C)C)cc(C(C)(C)C)c1)c1cc(C(C)(C)C)cc(C(C)(C)C)c1)(C(C)C)C(C)C. The molecular weight excluding hydrogens is 729 g/mol. The van der Waals surface area contributed by atoms with Crippen molar-refractivity contribution in [3.63, 3.8) is 0 Å². The Labute approximate surface area is 365 Å². The van der Waals surface area contributed by atoms with Gasteiger partial charge < -0.3 is 0 Å². The summed E-state index contributed by atoms with van der Waals surface area (Å²) in [6, 6.07) is 21.6. The molecule has 0 aliphatic carbocycles. The molecule has 3 aromatic rings. The monoisotopic (exact) mass is 813 g/mol. The molecule has 0 aliphatic rings. The molecule has 3 rings (SSSR count). The quantitative estimate of drug-likeness (QED) is 0.105. The first-order valence-corrected chi connectivity index (χ1v) is 24.7. The zero-order valence-electron chi connectivity index (χ0n) is 42.3. The first-order chi connectivity index (χ1) is 26.4. The zero-order chi connectivity index (χ0) is 45.7. The van der Waals surface area contributed by atoms with Crippen molar-refractivity contribution in [1.82, 2.24) is 0 Å². The summed E-state index contributed by atoms with van der Waals surface area (Å²) in [7, 11) is -2.18. The van der Waals surface area contributed by atoms with E-state index in [9.17, 15) is 4.79 Å². The van der Waals surface area contributed by atoms with Crippen LogP contribution in [-0.4, -0.2) is 13.9 Å². The largest absolute Gasteiger partial charge is 0.278 e. The third-order valence-electron chi connectivity index (χ3n) is 12.9. The van der Waals surface area contributed by atoms with Gasteiger partial charge in [0, 0.05) is 0 Å². The lowest BCUT2D eigenvalue weighted by atomic mass is 9.64. The summed E-state index contributed by atoms with van der Waals surface area (Å²) < 4.78 is 0. The smallest absolute Gasteiger partial charge is 0.270 e. The van der Waals surface area contributed by atoms with E-state index in [0.717, 1.165) is 16.7 Å². The fourth-order valence-corrected chi connectivity index (χ4v) is 13.8. The van der Waals surface area contributed by atoms with Crippen molar-refractivity contribution in [2.24, 2.45) is 0 Å². The van der Waals surface area contributed by atoms with Crippen LogP contribution in [0.1, 0.15) is 216 Å². The molecule has 0 spiro atoms. The predicted molar refractivity (Wildman–Crippen MR) is 263 cm³/mol. The van der Waals surface area contributed by atoms with E-state index >= 15 is 0 Å². The van der Waals surface area contributed by atoms with Gasteiger partial charge in [-0.1, -0.05) is 227 Å². The maximum Gasteiger partial charge on any atom is 0.278 e. The Bertz CT molecular complexity index is 1820. The molecule has 0 unspecified atom stereocenters. The van der Waals surface area contributed by atoms with Gasteiger partial charge in [0.15, 0.2) is 0 Å². The van der Waals surface area contributed by atoms with Gasteiger partial charge in [0.25, 0.3) is 5.78 Å². The summed E-state index contributed by atoms with van der Waals surface area (Å²) in [5.74, 6) is 10.1. The van der Waals surface area contributed by atoms with E-state index in [0.29, 0.717) is 16.6 Å². The first-order valence-electron chi connectivity index (χ1n) is 22.5. The van der Waals surface area contributed by atoms with Gasteiger partial charge in [-0.15, -0.1) is 5.54 Å². The topological polar surface area (TPSA) is 17.1 Å². The summed E-state index contributed by atoms with van der Waals surface area (Å²) in [6.07, 6.45) is 0. The molecular formula is C57H84OSi. The number of carbonyl (C=O) groups is 1. The van der Waals surface area contributed by atoms with Crippen LogP contribution < -0.4 is 0 Å². The van der Waals surface area contributed by atoms with Crippen molar-refractivity contribution in [3.05, 3.63) is 105 Å². The number of rotatable bonds is 6. The number of ketones is 1. The van der Waals surface area contributed by atoms with E-state index in [2.05, 4.69) is 244 Å². The van der Waals surface area contributed by atoms with Crippen molar-refractivity contribution in [2.75, 3.05) is 0 Å². The lowest BCUT2D eigenvalue weighted by Crippen LogP contribution is -2.43. The molecule has 0 atom stereocenters. The zero-order valence-corrected chi connectivity index (χ0v) is 43.3. The third kappa shape index (κ3) is 11.1. The van der Waals surface area contributed by atoms with Crippen molar-refractivity contribution in [3.8, 4) is 23.3 Å². The van der Waals surface area contributed by atoms with Crippen molar-refractivity contribution >= 4 is 13.9 Å². The van der Waals surface area contributed by atoms with Gasteiger partial charge in [-0.05, 0) is 111 Å². The van der Waals surface area contributed by atoms with Crippen LogP contribution in [0, 0.1) is 23.3 Å². The fraction of sp³-hybridized carbons (Fsp3) is 0.596. The average molecular weight is 813 g/mol. The number of Topliss-reactive ketones (excluding diaryl/α,β-unsaturated/α-hetero) is 1. The number of carbonyl (C=O) groups excluding carboxylic acids is 1. The van der Waals surface area contributed by atoms with E-state index in [1.807, 2.05) is 0 Å². The highest BCUT2D eigenvalue weighted by Gasteiger charge is 2.43. The molecule has 59 heavy (non-hydrogen) atoms. The minimum Gasteiger partial charge on any atom is -0.270 e. The average Bonchev–Trinajstić information content (AvgIpc) is 3.05. The summed E-state index contributed by atoms with van der Waals surface area (Å²) in [5.41, 5.74) is 13.9. The molecule has 2 heteroatoms. The van der Waals surface area contributed by atoms with E-state index in [1.165, 1.54) is 33.4 Å². The highest BCUT2D eigenvalue weighted by molar-refractivity contribution is 6.90. The van der Waals surface area contributed by atoms with Gasteiger partial charge in [0.2, 0.25) is 0 Å². The maximum atomic E-state index is 14.5. The second-order valence-corrected chi connectivity index (χ2v) is 30.5. The summed E-state index contributed by atoms with van der Waals surface area (Å²) in [6.45, 7) is 55.2. The minimum absolute atomic E-state index is 0.136. The normalized spacial score (nSPS) is 13.7. The molecule has 0 bridgehead atoms. The summed E-state index contributed by atoms with van der Waals surface area (Å²) in [5, 5.41) is 0. The molecule has 322 valence electrons. The standard InChI is InChI=1S/C57H84OSi/c1-38(2)59(39(3)4,40(5)6)28-26-50(58)25-27-57(47-32-41(51(7,8)9)29-42(33-47)52(10,11)12,48-34-43(53(13,14)15)30-44(35-48)54(16,17)18)49-36-45(55(19,20)21)31-46(37-49)56(22,23)24/h29-40H,1-24H3. The lowest BCUT2D eigenvalue weighted by Gasteiger charge is -2.38. The Kier molecular flexibility index (Phi) is 14.3. The highest BCUT2D eigenvalue weighted by atomic mass is 28.3. The minimum atomic E-state index is -2.18. The fourth-order valence-electron chi connectivity index (χ4n) is 8.63. The molecule has 0 amide bonds. The van der Waals surface area contributed by atoms with E-state index in [-0.39, 0.29) is 38.3 Å². The van der Waals surface area contributed by atoms with Gasteiger partial charge in [-0.2, -0.15) is 0 Å². The van der Waals surface area contributed by atoms with Gasteiger partial charge in [-0.3, -0.25) is 4.79 Å². The van der Waals surface area contributed by atoms with Crippen molar-refractivity contribution in [2.45, 2.75) is 221 Å². The Balaban J connectivity index is 2.91. The van der Waals surface area contributed by atoms with Gasteiger partial charge >= 0.3 is 0 Å². The van der Waals surface area contributed by atoms with Crippen molar-refractivity contribution < 1.29 is 4.79 Å². The van der Waals surface area contributed by atoms with Crippen molar-refractivity contribution in [1.29, 1.82) is 0 Å². The predicted octanol–water partition coefficient (Wildman–Crippen LogP) is 15.6. The van der Waals surface area contributed by atoms with Crippen LogP contribution in [0.25, 0.3) is 0 Å². The molecule has 0 heterocycles. The van der Waals surface area contributed by atoms with Crippen LogP contribution in [0.3, 0.4) is 0 Å². The number of hydrogen-bond acceptors (Lipinski definition) is 1. The number of benzene rings is 3. The van der Waals surface area contributed by atoms with Crippen LogP contribution in [0.4, 0.5) is 0 Å². The third-order valence-corrected chi connectivity index (χ3v) is 19.2. The van der Waals surface area contributed by atoms with Gasteiger partial charge in [-0.25, -0.2) is 0 Å². The Morgan fingerprint density at radius 3 is 0.763 bits per heavy atom. The lowest BCUT2D eigenvalue weighted by molar-refractivity contribution is -0.108. The molecule has 0 saturated carbocycles. The molecule has 0 aliphatic heterocycles. The van der Waals surface area contributed by atoms with Gasteiger partial charge in [0.1, 0.15) is 13.5 Å². The molecule has 0 radical (unpaired) electrons. The van der Waals surface area contributed by atoms with E-state index in [1.54, 1.807) is 0 Å². The second-order valence-electron chi connectivity index (χ2n) is 24.9. The van der Waals surface area contributed by atoms with E-state index in [4.69, 9.17) is 0 Å². The first kappa shape index (κ1) is 50.0. The molecule has 0 fully saturated rings. The molecule has 3 aromatic carbocycles. The Morgan fingerprint density at radius 1 is 0.373 bits per heavy atom. The molecule has 1 nitrogen and oxygen atoms in total. The van der Waals surface area contributed by atoms with Gasteiger partial charge in [0.05, 0.1) is 0 Å². The van der Waals surface area contributed by atoms with Crippen LogP contribution in [0.15, 0.2) is 54.6 Å². The van der Waals surface area contributed by atoms with Crippen LogP contribution in [0.5, 0.6) is 0 Å². The Hall–Kier alpha value is -3.33. The number of hydrogen-bond donors (Lipinski definition) is 0. The maximum absolute atomic E-state index is 14.5. The molecule has 0 N–H and O–H groups in total. The summed E-state index contributed by atoms with van der Waals surface area (Å²) >= 11 is 0. The Morgan fingerprint density at radius 2 is 0.576 bits per heavy atom. The second kappa shape index (κ2) is 16.8. The van der Waals surface area contributed by atoms with Crippen LogP contribution in [0.2, 0.25) is 16.6 Å².